The summed E-state index contributed by atoms with van der Waals surface area (Å²) in [6.07, 6.45) is 6.40. The molecule has 8 nitrogen and oxygen atoms in total. The van der Waals surface area contributed by atoms with E-state index in [0.29, 0.717) is 24.9 Å². The number of carbonyl (C=O) groups is 2. The van der Waals surface area contributed by atoms with E-state index in [0.717, 1.165) is 40.7 Å². The second-order valence-corrected chi connectivity index (χ2v) is 13.9. The van der Waals surface area contributed by atoms with E-state index >= 15 is 0 Å². The van der Waals surface area contributed by atoms with Gasteiger partial charge in [0.15, 0.2) is 23.5 Å². The lowest BCUT2D eigenvalue weighted by Crippen LogP contribution is -2.63. The van der Waals surface area contributed by atoms with Crippen LogP contribution in [-0.2, 0) is 32.1 Å². The molecule has 1 aliphatic heterocycles. The van der Waals surface area contributed by atoms with Crippen molar-refractivity contribution < 1.29 is 34.4 Å². The largest absolute Gasteiger partial charge is 0.399 e. The predicted molar refractivity (Wildman–Crippen MR) is 163 cm³/mol. The molecule has 4 fully saturated rings. The van der Waals surface area contributed by atoms with E-state index in [1.54, 1.807) is 18.2 Å². The van der Waals surface area contributed by atoms with Crippen LogP contribution in [0.5, 0.6) is 0 Å². The van der Waals surface area contributed by atoms with Crippen LogP contribution < -0.4 is 5.73 Å². The van der Waals surface area contributed by atoms with Gasteiger partial charge in [0.2, 0.25) is 0 Å². The second kappa shape index (κ2) is 10.5. The molecule has 0 bridgehead atoms. The molecule has 2 aromatic carbocycles. The smallest absolute Gasteiger partial charge is 0.193 e. The Morgan fingerprint density at radius 1 is 1.09 bits per heavy atom. The minimum atomic E-state index is -1.38. The first-order valence-electron chi connectivity index (χ1n) is 15.7. The van der Waals surface area contributed by atoms with Crippen LogP contribution >= 0.6 is 0 Å². The summed E-state index contributed by atoms with van der Waals surface area (Å²) in [6.45, 7) is 3.43. The van der Waals surface area contributed by atoms with E-state index in [1.165, 1.54) is 0 Å². The lowest BCUT2D eigenvalue weighted by molar-refractivity contribution is -0.201. The highest BCUT2D eigenvalue weighted by Crippen LogP contribution is 2.70. The van der Waals surface area contributed by atoms with E-state index in [-0.39, 0.29) is 30.1 Å². The molecule has 1 saturated heterocycles. The van der Waals surface area contributed by atoms with Gasteiger partial charge >= 0.3 is 0 Å². The van der Waals surface area contributed by atoms with Gasteiger partial charge in [-0.15, -0.1) is 0 Å². The molecule has 0 spiro atoms. The summed E-state index contributed by atoms with van der Waals surface area (Å²) in [6, 6.07) is 13.3. The molecule has 0 unspecified atom stereocenters. The zero-order valence-electron chi connectivity index (χ0n) is 25.2. The first kappa shape index (κ1) is 29.6. The Bertz CT molecular complexity index is 1560. The van der Waals surface area contributed by atoms with Crippen molar-refractivity contribution in [2.45, 2.75) is 76.7 Å². The van der Waals surface area contributed by atoms with Crippen molar-refractivity contribution >= 4 is 17.3 Å². The van der Waals surface area contributed by atoms with Crippen LogP contribution in [0.2, 0.25) is 0 Å². The number of carbonyl (C=O) groups excluding carboxylic acids is 2. The molecule has 0 radical (unpaired) electrons. The molecule has 44 heavy (non-hydrogen) atoms. The molecule has 5 N–H and O–H groups in total. The van der Waals surface area contributed by atoms with Gasteiger partial charge < -0.3 is 30.5 Å². The van der Waals surface area contributed by atoms with Crippen molar-refractivity contribution in [2.24, 2.45) is 28.6 Å². The topological polar surface area (TPSA) is 139 Å². The quantitative estimate of drug-likeness (QED) is 0.366. The maximum absolute atomic E-state index is 13.8. The number of allylic oxidation sites excluding steroid dienone is 4. The maximum Gasteiger partial charge on any atom is 0.193 e. The standard InChI is InChI=1S/C36H41NO7/c1-34-12-11-26(40)15-24(34)8-10-27-28-16-31-36(30(42)19-39,35(28,2)17-29(41)32(27)34)44-33(43-31)21-5-3-20(4-6-21)13-23-14-25(37)9-7-22(23)18-38/h3-7,9,11-12,14-15,27-29,31-33,38-39,41H,8,10,13,16-19,37H2,1-2H3/t27-,28-,29-,31+,32+,33+,34-,35-,36+/m0/s1. The van der Waals surface area contributed by atoms with Crippen molar-refractivity contribution in [3.63, 3.8) is 0 Å². The number of anilines is 1. The molecule has 9 atom stereocenters. The Labute approximate surface area is 257 Å². The Kier molecular flexibility index (Phi) is 7.03. The van der Waals surface area contributed by atoms with Gasteiger partial charge in [0.25, 0.3) is 0 Å². The fourth-order valence-electron chi connectivity index (χ4n) is 9.81. The van der Waals surface area contributed by atoms with Crippen LogP contribution in [0.25, 0.3) is 0 Å². The average Bonchev–Trinajstić information content (AvgIpc) is 3.50. The van der Waals surface area contributed by atoms with Crippen molar-refractivity contribution in [3.05, 3.63) is 88.5 Å². The number of aliphatic hydroxyl groups excluding tert-OH is 3. The van der Waals surface area contributed by atoms with Gasteiger partial charge in [-0.25, -0.2) is 0 Å². The molecule has 1 heterocycles. The minimum Gasteiger partial charge on any atom is -0.399 e. The van der Waals surface area contributed by atoms with Gasteiger partial charge in [-0.05, 0) is 84.9 Å². The molecular weight excluding hydrogens is 558 g/mol. The van der Waals surface area contributed by atoms with Gasteiger partial charge in [-0.2, -0.15) is 0 Å². The van der Waals surface area contributed by atoms with E-state index in [2.05, 4.69) is 6.92 Å². The zero-order valence-corrected chi connectivity index (χ0v) is 25.2. The van der Waals surface area contributed by atoms with E-state index < -0.39 is 47.3 Å². The fourth-order valence-corrected chi connectivity index (χ4v) is 9.81. The number of rotatable bonds is 6. The van der Waals surface area contributed by atoms with Gasteiger partial charge in [0.05, 0.1) is 18.8 Å². The van der Waals surface area contributed by atoms with Crippen LogP contribution in [-0.4, -0.2) is 51.3 Å². The second-order valence-electron chi connectivity index (χ2n) is 13.9. The number of ether oxygens (including phenoxy) is 2. The van der Waals surface area contributed by atoms with E-state index in [1.807, 2.05) is 49.4 Å². The molecule has 7 rings (SSSR count). The third kappa shape index (κ3) is 4.15. The SMILES string of the molecule is C[C@]12C=CC(=O)C=C1CC[C@@H]1[C@@H]2[C@@H](O)C[C@@]2(C)[C@H]1C[C@H]1O[C@@H](c3ccc(Cc4cc(N)ccc4CO)cc3)O[C@]12C(=O)CO. The molecule has 232 valence electrons. The minimum absolute atomic E-state index is 0.00509. The first-order chi connectivity index (χ1) is 21.0. The van der Waals surface area contributed by atoms with Crippen molar-refractivity contribution in [1.82, 2.24) is 0 Å². The fraction of sp³-hybridized carbons (Fsp3) is 0.500. The summed E-state index contributed by atoms with van der Waals surface area (Å²) in [5, 5.41) is 31.8. The monoisotopic (exact) mass is 599 g/mol. The molecule has 2 aromatic rings. The lowest BCUT2D eigenvalue weighted by Gasteiger charge is -2.59. The summed E-state index contributed by atoms with van der Waals surface area (Å²) < 4.78 is 13.3. The van der Waals surface area contributed by atoms with Gasteiger partial charge in [0, 0.05) is 28.0 Å². The van der Waals surface area contributed by atoms with E-state index in [9.17, 15) is 24.9 Å². The normalized spacial score (nSPS) is 38.8. The third-order valence-electron chi connectivity index (χ3n) is 11.8. The highest BCUT2D eigenvalue weighted by atomic mass is 16.7. The number of ketones is 2. The average molecular weight is 600 g/mol. The molecule has 3 saturated carbocycles. The first-order valence-corrected chi connectivity index (χ1v) is 15.7. The number of nitrogens with two attached hydrogens (primary N) is 1. The van der Waals surface area contributed by atoms with Crippen LogP contribution in [0.1, 0.15) is 68.1 Å². The summed E-state index contributed by atoms with van der Waals surface area (Å²) >= 11 is 0. The van der Waals surface area contributed by atoms with Crippen molar-refractivity contribution in [3.8, 4) is 0 Å². The number of Topliss-reactive ketones (excluding diaryl/α,β-unsaturated/α-hetero) is 1. The Balaban J connectivity index is 1.17. The summed E-state index contributed by atoms with van der Waals surface area (Å²) in [5.74, 6) is -0.336. The van der Waals surface area contributed by atoms with Gasteiger partial charge in [-0.3, -0.25) is 9.59 Å². The molecule has 5 aliphatic rings. The highest BCUT2D eigenvalue weighted by molar-refractivity contribution is 6.01. The number of nitrogen functional groups attached to an aromatic ring is 1. The van der Waals surface area contributed by atoms with Crippen LogP contribution in [0.15, 0.2) is 66.3 Å². The Morgan fingerprint density at radius 2 is 1.86 bits per heavy atom. The molecule has 8 heteroatoms. The van der Waals surface area contributed by atoms with Crippen LogP contribution in [0.3, 0.4) is 0 Å². The van der Waals surface area contributed by atoms with Gasteiger partial charge in [0.1, 0.15) is 6.61 Å². The van der Waals surface area contributed by atoms with Gasteiger partial charge in [-0.1, -0.05) is 55.8 Å². The molecule has 0 amide bonds. The Morgan fingerprint density at radius 3 is 2.59 bits per heavy atom. The van der Waals surface area contributed by atoms with Crippen LogP contribution in [0, 0.1) is 28.6 Å². The summed E-state index contributed by atoms with van der Waals surface area (Å²) in [5.41, 5.74) is 8.75. The number of hydrogen-bond donors (Lipinski definition) is 4. The third-order valence-corrected chi connectivity index (χ3v) is 11.8. The number of fused-ring (bicyclic) bond motifs is 7. The predicted octanol–water partition coefficient (Wildman–Crippen LogP) is 3.95. The zero-order chi connectivity index (χ0) is 31.0. The molecule has 4 aliphatic carbocycles. The van der Waals surface area contributed by atoms with Crippen molar-refractivity contribution in [1.29, 1.82) is 0 Å². The van der Waals surface area contributed by atoms with E-state index in [4.69, 9.17) is 15.2 Å². The maximum atomic E-state index is 13.8. The van der Waals surface area contributed by atoms with Crippen LogP contribution in [0.4, 0.5) is 5.69 Å². The lowest BCUT2D eigenvalue weighted by atomic mass is 9.46. The Hall–Kier alpha value is -3.14. The molecular formula is C36H41NO7. The summed E-state index contributed by atoms with van der Waals surface area (Å²) in [7, 11) is 0. The number of hydrogen-bond acceptors (Lipinski definition) is 8. The van der Waals surface area contributed by atoms with Crippen molar-refractivity contribution in [2.75, 3.05) is 12.3 Å². The number of aliphatic hydroxyl groups is 3. The molecule has 0 aromatic heterocycles. The summed E-state index contributed by atoms with van der Waals surface area (Å²) in [4.78, 5) is 25.9. The number of benzene rings is 2. The highest BCUT2D eigenvalue weighted by Gasteiger charge is 2.75.